The largest absolute Gasteiger partial charge is 0.492 e. The molecule has 0 unspecified atom stereocenters. The van der Waals surface area contributed by atoms with Crippen molar-refractivity contribution in [2.75, 3.05) is 13.2 Å². The molecule has 0 heterocycles. The first-order valence-electron chi connectivity index (χ1n) is 5.90. The predicted molar refractivity (Wildman–Crippen MR) is 72.1 cm³/mol. The van der Waals surface area contributed by atoms with E-state index in [1.165, 1.54) is 12.1 Å². The van der Waals surface area contributed by atoms with Crippen LogP contribution in [0, 0.1) is 11.2 Å². The molecule has 0 radical (unpaired) electrons. The number of carbonyl (C=O) groups is 1. The van der Waals surface area contributed by atoms with Gasteiger partial charge in [-0.05, 0) is 25.5 Å². The van der Waals surface area contributed by atoms with Crippen molar-refractivity contribution in [3.05, 3.63) is 30.1 Å². The Kier molecular flexibility index (Phi) is 3.92. The van der Waals surface area contributed by atoms with E-state index in [4.69, 9.17) is 27.9 Å². The van der Waals surface area contributed by atoms with E-state index in [0.717, 1.165) is 0 Å². The van der Waals surface area contributed by atoms with Gasteiger partial charge in [-0.2, -0.15) is 0 Å². The Balaban J connectivity index is 1.72. The number of ether oxygens (including phenoxy) is 1. The van der Waals surface area contributed by atoms with Crippen molar-refractivity contribution in [1.82, 2.24) is 5.32 Å². The number of benzene rings is 1. The lowest BCUT2D eigenvalue weighted by atomic mass is 10.1. The Morgan fingerprint density at radius 1 is 1.53 bits per heavy atom. The summed E-state index contributed by atoms with van der Waals surface area (Å²) in [6, 6.07) is 5.83. The quantitative estimate of drug-likeness (QED) is 0.671. The summed E-state index contributed by atoms with van der Waals surface area (Å²) in [5.74, 6) is -0.127. The smallest absolute Gasteiger partial charge is 0.229 e. The molecule has 19 heavy (non-hydrogen) atoms. The number of hydrogen-bond acceptors (Lipinski definition) is 2. The lowest BCUT2D eigenvalue weighted by Crippen LogP contribution is -2.35. The summed E-state index contributed by atoms with van der Waals surface area (Å²) in [5.41, 5.74) is -0.727. The number of nitrogens with one attached hydrogen (secondary N) is 1. The highest BCUT2D eigenvalue weighted by molar-refractivity contribution is 6.53. The zero-order valence-electron chi connectivity index (χ0n) is 10.4. The maximum Gasteiger partial charge on any atom is 0.229 e. The molecule has 1 aliphatic rings. The number of hydrogen-bond donors (Lipinski definition) is 1. The van der Waals surface area contributed by atoms with E-state index < -0.39 is 9.75 Å². The molecule has 0 aliphatic heterocycles. The third kappa shape index (κ3) is 3.12. The van der Waals surface area contributed by atoms with Gasteiger partial charge in [0, 0.05) is 6.07 Å². The molecule has 1 aliphatic carbocycles. The van der Waals surface area contributed by atoms with Crippen LogP contribution in [0.25, 0.3) is 0 Å². The lowest BCUT2D eigenvalue weighted by Gasteiger charge is -2.13. The first-order valence-corrected chi connectivity index (χ1v) is 6.65. The molecule has 3 nitrogen and oxygen atoms in total. The first kappa shape index (κ1) is 14.4. The molecule has 1 N–H and O–H groups in total. The zero-order valence-corrected chi connectivity index (χ0v) is 11.9. The van der Waals surface area contributed by atoms with Gasteiger partial charge in [0.05, 0.1) is 12.0 Å². The van der Waals surface area contributed by atoms with Crippen LogP contribution in [0.5, 0.6) is 5.75 Å². The average Bonchev–Trinajstić information content (AvgIpc) is 2.85. The molecular weight excluding hydrogens is 292 g/mol. The SMILES string of the molecule is C[C@@]1(C(=O)NCCOc2cccc(F)c2)CC1(Cl)Cl. The van der Waals surface area contributed by atoms with Gasteiger partial charge < -0.3 is 10.1 Å². The molecule has 1 saturated carbocycles. The minimum atomic E-state index is -0.972. The van der Waals surface area contributed by atoms with Gasteiger partial charge >= 0.3 is 0 Å². The molecule has 1 aromatic rings. The predicted octanol–water partition coefficient (Wildman–Crippen LogP) is 2.90. The molecule has 1 aromatic carbocycles. The van der Waals surface area contributed by atoms with Crippen molar-refractivity contribution in [3.63, 3.8) is 0 Å². The highest BCUT2D eigenvalue weighted by Gasteiger charge is 2.67. The molecule has 6 heteroatoms. The van der Waals surface area contributed by atoms with E-state index in [0.29, 0.717) is 18.7 Å². The van der Waals surface area contributed by atoms with Crippen LogP contribution in [0.15, 0.2) is 24.3 Å². The van der Waals surface area contributed by atoms with Crippen LogP contribution in [-0.2, 0) is 4.79 Å². The second-order valence-electron chi connectivity index (χ2n) is 4.78. The van der Waals surface area contributed by atoms with Gasteiger partial charge in [-0.3, -0.25) is 4.79 Å². The van der Waals surface area contributed by atoms with Crippen LogP contribution in [0.2, 0.25) is 0 Å². The molecule has 1 atom stereocenters. The Morgan fingerprint density at radius 3 is 2.79 bits per heavy atom. The summed E-state index contributed by atoms with van der Waals surface area (Å²) < 4.78 is 17.2. The van der Waals surface area contributed by atoms with Gasteiger partial charge in [0.15, 0.2) is 0 Å². The second-order valence-corrected chi connectivity index (χ2v) is 6.26. The van der Waals surface area contributed by atoms with Gasteiger partial charge in [0.1, 0.15) is 22.5 Å². The van der Waals surface area contributed by atoms with E-state index >= 15 is 0 Å². The highest BCUT2D eigenvalue weighted by Crippen LogP contribution is 2.63. The minimum Gasteiger partial charge on any atom is -0.492 e. The maximum atomic E-state index is 12.9. The summed E-state index contributed by atoms with van der Waals surface area (Å²) in [6.07, 6.45) is 0.444. The van der Waals surface area contributed by atoms with Crippen molar-refractivity contribution in [2.24, 2.45) is 5.41 Å². The Morgan fingerprint density at radius 2 is 2.21 bits per heavy atom. The summed E-state index contributed by atoms with van der Waals surface area (Å²) in [7, 11) is 0. The van der Waals surface area contributed by atoms with Gasteiger partial charge in [-0.25, -0.2) is 4.39 Å². The van der Waals surface area contributed by atoms with E-state index in [1.807, 2.05) is 0 Å². The molecular formula is C13H14Cl2FNO2. The van der Waals surface area contributed by atoms with Gasteiger partial charge in [-0.15, -0.1) is 23.2 Å². The van der Waals surface area contributed by atoms with Crippen molar-refractivity contribution in [1.29, 1.82) is 0 Å². The lowest BCUT2D eigenvalue weighted by molar-refractivity contribution is -0.125. The molecule has 1 amide bonds. The van der Waals surface area contributed by atoms with Gasteiger partial charge in [-0.1, -0.05) is 6.07 Å². The Hall–Kier alpha value is -1.00. The van der Waals surface area contributed by atoms with E-state index in [2.05, 4.69) is 5.32 Å². The third-order valence-electron chi connectivity index (χ3n) is 3.21. The fourth-order valence-corrected chi connectivity index (χ4v) is 2.44. The van der Waals surface area contributed by atoms with Crippen LogP contribution >= 0.6 is 23.2 Å². The average molecular weight is 306 g/mol. The van der Waals surface area contributed by atoms with Crippen molar-refractivity contribution in [2.45, 2.75) is 17.7 Å². The molecule has 104 valence electrons. The van der Waals surface area contributed by atoms with Crippen LogP contribution in [0.3, 0.4) is 0 Å². The third-order valence-corrected chi connectivity index (χ3v) is 4.31. The fourth-order valence-electron chi connectivity index (χ4n) is 1.73. The topological polar surface area (TPSA) is 38.3 Å². The van der Waals surface area contributed by atoms with E-state index in [1.54, 1.807) is 19.1 Å². The Bertz CT molecular complexity index is 495. The molecule has 0 saturated heterocycles. The molecule has 0 aromatic heterocycles. The van der Waals surface area contributed by atoms with E-state index in [-0.39, 0.29) is 18.3 Å². The summed E-state index contributed by atoms with van der Waals surface area (Å²) in [5, 5.41) is 2.70. The minimum absolute atomic E-state index is 0.194. The first-order chi connectivity index (χ1) is 8.85. The Labute approximate surface area is 121 Å². The molecule has 0 spiro atoms. The standard InChI is InChI=1S/C13H14Cl2FNO2/c1-12(8-13(12,14)15)11(18)17-5-6-19-10-4-2-3-9(16)7-10/h2-4,7H,5-6,8H2,1H3,(H,17,18)/t12-/m0/s1. The molecule has 1 fully saturated rings. The maximum absolute atomic E-state index is 12.9. The van der Waals surface area contributed by atoms with Crippen LogP contribution < -0.4 is 10.1 Å². The monoisotopic (exact) mass is 305 g/mol. The van der Waals surface area contributed by atoms with E-state index in [9.17, 15) is 9.18 Å². The summed E-state index contributed by atoms with van der Waals surface area (Å²) >= 11 is 11.8. The summed E-state index contributed by atoms with van der Waals surface area (Å²) in [6.45, 7) is 2.29. The fraction of sp³-hybridized carbons (Fsp3) is 0.462. The van der Waals surface area contributed by atoms with Crippen molar-refractivity contribution < 1.29 is 13.9 Å². The van der Waals surface area contributed by atoms with Crippen LogP contribution in [-0.4, -0.2) is 23.4 Å². The molecule has 0 bridgehead atoms. The van der Waals surface area contributed by atoms with Crippen molar-refractivity contribution >= 4 is 29.1 Å². The normalized spacial score (nSPS) is 23.8. The molecule has 2 rings (SSSR count). The van der Waals surface area contributed by atoms with Crippen molar-refractivity contribution in [3.8, 4) is 5.75 Å². The zero-order chi connectivity index (χ0) is 14.1. The summed E-state index contributed by atoms with van der Waals surface area (Å²) in [4.78, 5) is 11.8. The van der Waals surface area contributed by atoms with Gasteiger partial charge in [0.2, 0.25) is 5.91 Å². The number of rotatable bonds is 5. The number of halogens is 3. The van der Waals surface area contributed by atoms with Crippen LogP contribution in [0.4, 0.5) is 4.39 Å². The number of alkyl halides is 2. The van der Waals surface area contributed by atoms with Crippen LogP contribution in [0.1, 0.15) is 13.3 Å². The number of carbonyl (C=O) groups excluding carboxylic acids is 1. The highest BCUT2D eigenvalue weighted by atomic mass is 35.5. The van der Waals surface area contributed by atoms with Gasteiger partial charge in [0.25, 0.3) is 0 Å². The second kappa shape index (κ2) is 5.17. The number of amides is 1.